The third-order valence-electron chi connectivity index (χ3n) is 1.61. The molecule has 15 heavy (non-hydrogen) atoms. The van der Waals surface area contributed by atoms with E-state index in [-0.39, 0.29) is 0 Å². The second-order valence-electron chi connectivity index (χ2n) is 4.14. The average Bonchev–Trinajstić information content (AvgIpc) is 2.09. The van der Waals surface area contributed by atoms with E-state index < -0.39 is 11.7 Å². The van der Waals surface area contributed by atoms with Crippen LogP contribution in [0, 0.1) is 12.5 Å². The molecule has 0 saturated carbocycles. The standard InChI is InChI=1S/C11H20N2O2/c1-6-13(7-2)9-8-12-10(14)15-11(3,4)5/h1H,7-9H2,2-5H3,(H,12,14). The lowest BCUT2D eigenvalue weighted by molar-refractivity contribution is 0.0525. The SMILES string of the molecule is C#CN(CC)CCNC(=O)OC(C)(C)C. The number of likely N-dealkylation sites (N-methyl/N-ethyl adjacent to an activating group) is 1. The van der Waals surface area contributed by atoms with Crippen molar-refractivity contribution in [1.29, 1.82) is 0 Å². The maximum atomic E-state index is 11.2. The first kappa shape index (κ1) is 13.6. The summed E-state index contributed by atoms with van der Waals surface area (Å²) in [6.45, 7) is 9.34. The van der Waals surface area contributed by atoms with Crippen LogP contribution >= 0.6 is 0 Å². The van der Waals surface area contributed by atoms with E-state index in [9.17, 15) is 4.79 Å². The lowest BCUT2D eigenvalue weighted by Gasteiger charge is -2.20. The van der Waals surface area contributed by atoms with Gasteiger partial charge < -0.3 is 15.0 Å². The highest BCUT2D eigenvalue weighted by Crippen LogP contribution is 2.05. The lowest BCUT2D eigenvalue weighted by atomic mass is 10.2. The topological polar surface area (TPSA) is 41.6 Å². The van der Waals surface area contributed by atoms with Gasteiger partial charge in [0.1, 0.15) is 5.60 Å². The molecule has 0 unspecified atom stereocenters. The second kappa shape index (κ2) is 6.18. The number of terminal acetylenes is 1. The largest absolute Gasteiger partial charge is 0.444 e. The first-order chi connectivity index (χ1) is 6.89. The highest BCUT2D eigenvalue weighted by molar-refractivity contribution is 5.67. The van der Waals surface area contributed by atoms with Crippen molar-refractivity contribution in [2.45, 2.75) is 33.3 Å². The molecule has 0 aromatic rings. The van der Waals surface area contributed by atoms with Crippen LogP contribution in [0.25, 0.3) is 0 Å². The van der Waals surface area contributed by atoms with Gasteiger partial charge in [0.15, 0.2) is 0 Å². The molecule has 0 aliphatic rings. The molecule has 0 saturated heterocycles. The van der Waals surface area contributed by atoms with Crippen LogP contribution in [-0.2, 0) is 4.74 Å². The van der Waals surface area contributed by atoms with Crippen LogP contribution in [0.4, 0.5) is 4.79 Å². The van der Waals surface area contributed by atoms with Gasteiger partial charge in [0.2, 0.25) is 0 Å². The Hall–Kier alpha value is -1.37. The van der Waals surface area contributed by atoms with Crippen LogP contribution < -0.4 is 5.32 Å². The Morgan fingerprint density at radius 2 is 2.13 bits per heavy atom. The Morgan fingerprint density at radius 1 is 1.53 bits per heavy atom. The number of hydrogen-bond acceptors (Lipinski definition) is 3. The zero-order chi connectivity index (χ0) is 11.9. The predicted octanol–water partition coefficient (Wildman–Crippen LogP) is 1.42. The number of nitrogens with zero attached hydrogens (tertiary/aromatic N) is 1. The molecule has 1 N–H and O–H groups in total. The Labute approximate surface area is 92.0 Å². The van der Waals surface area contributed by atoms with E-state index in [1.165, 1.54) is 0 Å². The van der Waals surface area contributed by atoms with Gasteiger partial charge in [-0.3, -0.25) is 0 Å². The number of carbonyl (C=O) groups is 1. The molecular weight excluding hydrogens is 192 g/mol. The number of amides is 1. The summed E-state index contributed by atoms with van der Waals surface area (Å²) in [6, 6.07) is 2.51. The van der Waals surface area contributed by atoms with Crippen LogP contribution in [0.5, 0.6) is 0 Å². The first-order valence-electron chi connectivity index (χ1n) is 5.07. The Bertz CT molecular complexity index is 238. The summed E-state index contributed by atoms with van der Waals surface area (Å²) in [5, 5.41) is 2.64. The van der Waals surface area contributed by atoms with Crippen molar-refractivity contribution in [3.05, 3.63) is 0 Å². The third kappa shape index (κ3) is 7.68. The second-order valence-corrected chi connectivity index (χ2v) is 4.14. The molecule has 4 nitrogen and oxygen atoms in total. The molecule has 0 rings (SSSR count). The van der Waals surface area contributed by atoms with Crippen molar-refractivity contribution in [1.82, 2.24) is 10.2 Å². The number of hydrogen-bond donors (Lipinski definition) is 1. The fraction of sp³-hybridized carbons (Fsp3) is 0.727. The fourth-order valence-electron chi connectivity index (χ4n) is 0.921. The van der Waals surface area contributed by atoms with Gasteiger partial charge in [0, 0.05) is 25.7 Å². The summed E-state index contributed by atoms with van der Waals surface area (Å²) in [5.41, 5.74) is -0.458. The van der Waals surface area contributed by atoms with E-state index in [1.54, 1.807) is 4.90 Å². The average molecular weight is 212 g/mol. The zero-order valence-corrected chi connectivity index (χ0v) is 9.96. The maximum absolute atomic E-state index is 11.2. The van der Waals surface area contributed by atoms with E-state index in [1.807, 2.05) is 27.7 Å². The molecule has 0 heterocycles. The van der Waals surface area contributed by atoms with Crippen molar-refractivity contribution >= 4 is 6.09 Å². The van der Waals surface area contributed by atoms with E-state index >= 15 is 0 Å². The maximum Gasteiger partial charge on any atom is 0.407 e. The van der Waals surface area contributed by atoms with Gasteiger partial charge in [0.05, 0.1) is 0 Å². The van der Waals surface area contributed by atoms with Gasteiger partial charge in [-0.05, 0) is 27.7 Å². The molecule has 1 amide bonds. The monoisotopic (exact) mass is 212 g/mol. The number of carbonyl (C=O) groups excluding carboxylic acids is 1. The van der Waals surface area contributed by atoms with Crippen molar-refractivity contribution in [3.8, 4) is 12.5 Å². The van der Waals surface area contributed by atoms with Crippen LogP contribution in [0.2, 0.25) is 0 Å². The summed E-state index contributed by atoms with van der Waals surface area (Å²) in [4.78, 5) is 13.0. The zero-order valence-electron chi connectivity index (χ0n) is 9.96. The van der Waals surface area contributed by atoms with Crippen molar-refractivity contribution < 1.29 is 9.53 Å². The van der Waals surface area contributed by atoms with Crippen molar-refractivity contribution in [2.24, 2.45) is 0 Å². The number of nitrogens with one attached hydrogen (secondary N) is 1. The Kier molecular flexibility index (Phi) is 5.61. The fourth-order valence-corrected chi connectivity index (χ4v) is 0.921. The van der Waals surface area contributed by atoms with Crippen LogP contribution in [0.15, 0.2) is 0 Å². The van der Waals surface area contributed by atoms with E-state index in [2.05, 4.69) is 11.4 Å². The minimum Gasteiger partial charge on any atom is -0.444 e. The molecule has 4 heteroatoms. The molecule has 0 atom stereocenters. The van der Waals surface area contributed by atoms with Gasteiger partial charge in [-0.1, -0.05) is 6.42 Å². The van der Waals surface area contributed by atoms with Crippen molar-refractivity contribution in [2.75, 3.05) is 19.6 Å². The molecule has 86 valence electrons. The molecule has 0 radical (unpaired) electrons. The highest BCUT2D eigenvalue weighted by atomic mass is 16.6. The smallest absolute Gasteiger partial charge is 0.407 e. The highest BCUT2D eigenvalue weighted by Gasteiger charge is 2.15. The lowest BCUT2D eigenvalue weighted by Crippen LogP contribution is -2.36. The molecule has 0 aliphatic heterocycles. The summed E-state index contributed by atoms with van der Waals surface area (Å²) in [5.74, 6) is 0. The molecule has 0 aliphatic carbocycles. The van der Waals surface area contributed by atoms with Gasteiger partial charge in [0.25, 0.3) is 0 Å². The minimum absolute atomic E-state index is 0.407. The minimum atomic E-state index is -0.458. The molecule has 0 fully saturated rings. The number of alkyl carbamates (subject to hydrolysis) is 1. The van der Waals surface area contributed by atoms with Gasteiger partial charge >= 0.3 is 6.09 Å². The van der Waals surface area contributed by atoms with E-state index in [0.29, 0.717) is 13.1 Å². The number of ether oxygens (including phenoxy) is 1. The quantitative estimate of drug-likeness (QED) is 0.566. The predicted molar refractivity (Wildman–Crippen MR) is 60.3 cm³/mol. The van der Waals surface area contributed by atoms with E-state index in [0.717, 1.165) is 6.54 Å². The summed E-state index contributed by atoms with van der Waals surface area (Å²) in [6.07, 6.45) is 4.83. The van der Waals surface area contributed by atoms with Crippen LogP contribution in [0.3, 0.4) is 0 Å². The summed E-state index contributed by atoms with van der Waals surface area (Å²) < 4.78 is 5.07. The van der Waals surface area contributed by atoms with E-state index in [4.69, 9.17) is 11.2 Å². The first-order valence-corrected chi connectivity index (χ1v) is 5.07. The van der Waals surface area contributed by atoms with Crippen LogP contribution in [-0.4, -0.2) is 36.2 Å². The Morgan fingerprint density at radius 3 is 2.53 bits per heavy atom. The molecular formula is C11H20N2O2. The van der Waals surface area contributed by atoms with Gasteiger partial charge in [-0.15, -0.1) is 0 Å². The van der Waals surface area contributed by atoms with Crippen LogP contribution in [0.1, 0.15) is 27.7 Å². The molecule has 0 aromatic heterocycles. The summed E-state index contributed by atoms with van der Waals surface area (Å²) in [7, 11) is 0. The van der Waals surface area contributed by atoms with Gasteiger partial charge in [-0.25, -0.2) is 4.79 Å². The van der Waals surface area contributed by atoms with Crippen molar-refractivity contribution in [3.63, 3.8) is 0 Å². The Balaban J connectivity index is 3.69. The normalized spacial score (nSPS) is 10.3. The third-order valence-corrected chi connectivity index (χ3v) is 1.61. The molecule has 0 bridgehead atoms. The summed E-state index contributed by atoms with van der Waals surface area (Å²) >= 11 is 0. The van der Waals surface area contributed by atoms with Gasteiger partial charge in [-0.2, -0.15) is 0 Å². The molecule has 0 spiro atoms. The molecule has 0 aromatic carbocycles. The number of rotatable bonds is 4.